The predicted molar refractivity (Wildman–Crippen MR) is 108 cm³/mol. The molecular formula is C21H26N2O2S. The van der Waals surface area contributed by atoms with E-state index in [2.05, 4.69) is 42.5 Å². The molecule has 4 nitrogen and oxygen atoms in total. The lowest BCUT2D eigenvalue weighted by atomic mass is 10.0. The number of hydrogen-bond acceptors (Lipinski definition) is 4. The van der Waals surface area contributed by atoms with E-state index in [1.807, 2.05) is 29.2 Å². The number of aliphatic hydroxyl groups excluding tert-OH is 1. The fraction of sp³-hybridized carbons (Fsp3) is 0.381. The second-order valence-electron chi connectivity index (χ2n) is 6.71. The van der Waals surface area contributed by atoms with Crippen molar-refractivity contribution in [3.8, 4) is 11.1 Å². The molecule has 138 valence electrons. The van der Waals surface area contributed by atoms with Crippen LogP contribution in [0, 0.1) is 0 Å². The quantitative estimate of drug-likeness (QED) is 0.821. The van der Waals surface area contributed by atoms with Crippen LogP contribution in [-0.2, 0) is 0 Å². The first-order valence-electron chi connectivity index (χ1n) is 8.97. The van der Waals surface area contributed by atoms with E-state index in [1.54, 1.807) is 11.8 Å². The van der Waals surface area contributed by atoms with Crippen molar-refractivity contribution in [3.05, 3.63) is 54.1 Å². The van der Waals surface area contributed by atoms with E-state index in [1.165, 1.54) is 4.90 Å². The van der Waals surface area contributed by atoms with Gasteiger partial charge >= 0.3 is 0 Å². The molecule has 5 heteroatoms. The smallest absolute Gasteiger partial charge is 0.253 e. The second-order valence-corrected chi connectivity index (χ2v) is 7.59. The molecule has 0 aromatic heterocycles. The lowest BCUT2D eigenvalue weighted by Gasteiger charge is -2.39. The zero-order valence-corrected chi connectivity index (χ0v) is 16.2. The summed E-state index contributed by atoms with van der Waals surface area (Å²) in [6, 6.07) is 16.5. The molecule has 1 aliphatic heterocycles. The van der Waals surface area contributed by atoms with Crippen molar-refractivity contribution in [2.24, 2.45) is 0 Å². The van der Waals surface area contributed by atoms with Gasteiger partial charge in [0, 0.05) is 42.7 Å². The van der Waals surface area contributed by atoms with Gasteiger partial charge in [0.05, 0.1) is 0 Å². The number of benzene rings is 2. The van der Waals surface area contributed by atoms with Gasteiger partial charge in [0.15, 0.2) is 0 Å². The monoisotopic (exact) mass is 370 g/mol. The minimum Gasteiger partial charge on any atom is -0.396 e. The number of thioether (sulfide) groups is 1. The van der Waals surface area contributed by atoms with E-state index in [0.29, 0.717) is 13.0 Å². The normalized spacial score (nSPS) is 18.1. The van der Waals surface area contributed by atoms with Crippen LogP contribution in [0.25, 0.3) is 11.1 Å². The number of carbonyl (C=O) groups is 1. The van der Waals surface area contributed by atoms with Crippen LogP contribution < -0.4 is 0 Å². The van der Waals surface area contributed by atoms with Gasteiger partial charge in [-0.25, -0.2) is 0 Å². The third-order valence-electron chi connectivity index (χ3n) is 5.06. The zero-order chi connectivity index (χ0) is 18.5. The second kappa shape index (κ2) is 8.71. The topological polar surface area (TPSA) is 43.8 Å². The minimum atomic E-state index is 0.0728. The number of rotatable bonds is 5. The number of aliphatic hydroxyl groups is 1. The molecule has 2 aromatic carbocycles. The Labute approximate surface area is 159 Å². The molecule has 0 saturated carbocycles. The summed E-state index contributed by atoms with van der Waals surface area (Å²) in [5, 5.41) is 9.25. The Balaban J connectivity index is 1.77. The van der Waals surface area contributed by atoms with E-state index >= 15 is 0 Å². The fourth-order valence-electron chi connectivity index (χ4n) is 3.39. The average molecular weight is 371 g/mol. The molecule has 1 saturated heterocycles. The maximum atomic E-state index is 13.0. The zero-order valence-electron chi connectivity index (χ0n) is 15.4. The maximum Gasteiger partial charge on any atom is 0.253 e. The molecule has 1 heterocycles. The Morgan fingerprint density at radius 3 is 2.62 bits per heavy atom. The Morgan fingerprint density at radius 1 is 1.15 bits per heavy atom. The molecule has 0 spiro atoms. The van der Waals surface area contributed by atoms with Crippen LogP contribution in [0.4, 0.5) is 0 Å². The molecule has 0 unspecified atom stereocenters. The molecule has 1 atom stereocenters. The lowest BCUT2D eigenvalue weighted by molar-refractivity contribution is 0.0500. The number of hydrogen-bond donors (Lipinski definition) is 1. The summed E-state index contributed by atoms with van der Waals surface area (Å²) in [5.41, 5.74) is 2.90. The average Bonchev–Trinajstić information content (AvgIpc) is 2.69. The predicted octanol–water partition coefficient (Wildman–Crippen LogP) is 3.21. The summed E-state index contributed by atoms with van der Waals surface area (Å²) in [4.78, 5) is 18.4. The lowest BCUT2D eigenvalue weighted by Crippen LogP contribution is -2.53. The summed E-state index contributed by atoms with van der Waals surface area (Å²) >= 11 is 1.72. The van der Waals surface area contributed by atoms with Gasteiger partial charge in [-0.2, -0.15) is 0 Å². The van der Waals surface area contributed by atoms with Crippen LogP contribution in [0.5, 0.6) is 0 Å². The summed E-state index contributed by atoms with van der Waals surface area (Å²) in [6.45, 7) is 2.39. The first-order valence-corrected chi connectivity index (χ1v) is 10.2. The SMILES string of the molecule is CSc1ccc(-c2cccc(C(=O)N3CCN(C)[C@H](CCO)C3)c2)cc1. The van der Waals surface area contributed by atoms with Gasteiger partial charge in [0.2, 0.25) is 0 Å². The Morgan fingerprint density at radius 2 is 1.92 bits per heavy atom. The summed E-state index contributed by atoms with van der Waals surface area (Å²) in [5.74, 6) is 0.0728. The van der Waals surface area contributed by atoms with Crippen molar-refractivity contribution in [3.63, 3.8) is 0 Å². The van der Waals surface area contributed by atoms with Crippen LogP contribution >= 0.6 is 11.8 Å². The molecule has 0 bridgehead atoms. The van der Waals surface area contributed by atoms with Crippen molar-refractivity contribution in [1.29, 1.82) is 0 Å². The van der Waals surface area contributed by atoms with E-state index in [4.69, 9.17) is 0 Å². The Bertz CT molecular complexity index is 748. The number of nitrogens with zero attached hydrogens (tertiary/aromatic N) is 2. The highest BCUT2D eigenvalue weighted by Crippen LogP contribution is 2.24. The van der Waals surface area contributed by atoms with Gasteiger partial charge in [-0.3, -0.25) is 9.69 Å². The van der Waals surface area contributed by atoms with Crippen LogP contribution in [0.1, 0.15) is 16.8 Å². The molecule has 1 fully saturated rings. The molecule has 3 rings (SSSR count). The number of carbonyl (C=O) groups excluding carboxylic acids is 1. The highest BCUT2D eigenvalue weighted by atomic mass is 32.2. The molecule has 1 N–H and O–H groups in total. The van der Waals surface area contributed by atoms with E-state index < -0.39 is 0 Å². The van der Waals surface area contributed by atoms with Crippen molar-refractivity contribution in [2.45, 2.75) is 17.4 Å². The van der Waals surface area contributed by atoms with Crippen molar-refractivity contribution in [2.75, 3.05) is 39.5 Å². The molecular weight excluding hydrogens is 344 g/mol. The summed E-state index contributed by atoms with van der Waals surface area (Å²) < 4.78 is 0. The third-order valence-corrected chi connectivity index (χ3v) is 5.80. The molecule has 26 heavy (non-hydrogen) atoms. The van der Waals surface area contributed by atoms with Crippen LogP contribution in [-0.4, -0.2) is 66.4 Å². The molecule has 1 amide bonds. The standard InChI is InChI=1S/C21H26N2O2S/c1-22-11-12-23(15-19(22)10-13-24)21(25)18-5-3-4-17(14-18)16-6-8-20(26-2)9-7-16/h3-9,14,19,24H,10-13,15H2,1-2H3/t19-/m1/s1. The van der Waals surface area contributed by atoms with Gasteiger partial charge in [0.1, 0.15) is 0 Å². The van der Waals surface area contributed by atoms with Crippen molar-refractivity contribution in [1.82, 2.24) is 9.80 Å². The van der Waals surface area contributed by atoms with Crippen molar-refractivity contribution >= 4 is 17.7 Å². The van der Waals surface area contributed by atoms with E-state index in [-0.39, 0.29) is 18.6 Å². The summed E-state index contributed by atoms with van der Waals surface area (Å²) in [6.07, 6.45) is 2.76. The highest BCUT2D eigenvalue weighted by Gasteiger charge is 2.27. The first-order chi connectivity index (χ1) is 12.6. The van der Waals surface area contributed by atoms with Crippen LogP contribution in [0.2, 0.25) is 0 Å². The van der Waals surface area contributed by atoms with Gasteiger partial charge < -0.3 is 10.0 Å². The minimum absolute atomic E-state index is 0.0728. The van der Waals surface area contributed by atoms with Crippen LogP contribution in [0.15, 0.2) is 53.4 Å². The molecule has 0 aliphatic carbocycles. The third kappa shape index (κ3) is 4.29. The maximum absolute atomic E-state index is 13.0. The number of amides is 1. The van der Waals surface area contributed by atoms with Crippen LogP contribution in [0.3, 0.4) is 0 Å². The first kappa shape index (κ1) is 19.0. The Kier molecular flexibility index (Phi) is 6.35. The van der Waals surface area contributed by atoms with Gasteiger partial charge in [-0.15, -0.1) is 11.8 Å². The number of piperazine rings is 1. The molecule has 2 aromatic rings. The van der Waals surface area contributed by atoms with Gasteiger partial charge in [0.25, 0.3) is 5.91 Å². The van der Waals surface area contributed by atoms with Gasteiger partial charge in [-0.05, 0) is 55.1 Å². The van der Waals surface area contributed by atoms with Gasteiger partial charge in [-0.1, -0.05) is 24.3 Å². The van der Waals surface area contributed by atoms with Crippen molar-refractivity contribution < 1.29 is 9.90 Å². The van der Waals surface area contributed by atoms with E-state index in [9.17, 15) is 9.90 Å². The fourth-order valence-corrected chi connectivity index (χ4v) is 3.80. The number of likely N-dealkylation sites (N-methyl/N-ethyl adjacent to an activating group) is 1. The Hall–Kier alpha value is -1.82. The highest BCUT2D eigenvalue weighted by molar-refractivity contribution is 7.98. The van der Waals surface area contributed by atoms with E-state index in [0.717, 1.165) is 29.8 Å². The molecule has 0 radical (unpaired) electrons. The largest absolute Gasteiger partial charge is 0.396 e. The molecule has 1 aliphatic rings. The summed E-state index contributed by atoms with van der Waals surface area (Å²) in [7, 11) is 2.06.